The Morgan fingerprint density at radius 3 is 2.28 bits per heavy atom. The van der Waals surface area contributed by atoms with Crippen LogP contribution in [0.25, 0.3) is 10.8 Å². The van der Waals surface area contributed by atoms with Gasteiger partial charge >= 0.3 is 0 Å². The molecule has 0 spiro atoms. The van der Waals surface area contributed by atoms with E-state index in [4.69, 9.17) is 5.73 Å². The van der Waals surface area contributed by atoms with Crippen molar-refractivity contribution < 1.29 is 14.4 Å². The van der Waals surface area contributed by atoms with Crippen molar-refractivity contribution in [3.05, 3.63) is 119 Å². The van der Waals surface area contributed by atoms with Crippen LogP contribution in [0.2, 0.25) is 0 Å². The van der Waals surface area contributed by atoms with E-state index in [1.807, 2.05) is 87.7 Å². The third-order valence-electron chi connectivity index (χ3n) is 8.46. The van der Waals surface area contributed by atoms with E-state index in [2.05, 4.69) is 22.3 Å². The molecule has 8 nitrogen and oxygen atoms in total. The van der Waals surface area contributed by atoms with Gasteiger partial charge in [-0.3, -0.25) is 14.4 Å². The molecule has 0 aliphatic rings. The Morgan fingerprint density at radius 2 is 1.57 bits per heavy atom. The smallest absolute Gasteiger partial charge is 0.254 e. The highest BCUT2D eigenvalue weighted by Gasteiger charge is 2.38. The van der Waals surface area contributed by atoms with Gasteiger partial charge in [-0.15, -0.1) is 0 Å². The number of nitrogens with one attached hydrogen (secondary N) is 1. The first kappa shape index (κ1) is 34.2. The maximum absolute atomic E-state index is 14.6. The summed E-state index contributed by atoms with van der Waals surface area (Å²) in [6, 6.07) is 31.3. The third-order valence-corrected chi connectivity index (χ3v) is 8.46. The van der Waals surface area contributed by atoms with E-state index in [-0.39, 0.29) is 30.1 Å². The minimum absolute atomic E-state index is 0.195. The Kier molecular flexibility index (Phi) is 11.9. The van der Waals surface area contributed by atoms with Crippen LogP contribution in [0.5, 0.6) is 0 Å². The fraction of sp³-hybridized carbons (Fsp3) is 0.342. The highest BCUT2D eigenvalue weighted by atomic mass is 16.2. The average Bonchev–Trinajstić information content (AvgIpc) is 3.08. The lowest BCUT2D eigenvalue weighted by atomic mass is 9.90. The number of carbonyl (C=O) groups is 3. The summed E-state index contributed by atoms with van der Waals surface area (Å²) < 4.78 is 0. The van der Waals surface area contributed by atoms with Crippen molar-refractivity contribution in [2.75, 3.05) is 41.3 Å². The van der Waals surface area contributed by atoms with Gasteiger partial charge in [-0.05, 0) is 67.8 Å². The maximum Gasteiger partial charge on any atom is 0.254 e. The van der Waals surface area contributed by atoms with E-state index in [0.717, 1.165) is 40.4 Å². The van der Waals surface area contributed by atoms with Gasteiger partial charge in [0.1, 0.15) is 12.1 Å². The lowest BCUT2D eigenvalue weighted by molar-refractivity contribution is -0.142. The van der Waals surface area contributed by atoms with Gasteiger partial charge in [0.2, 0.25) is 11.8 Å². The first-order valence-corrected chi connectivity index (χ1v) is 15.7. The second-order valence-electron chi connectivity index (χ2n) is 12.1. The molecule has 3 atom stereocenters. The highest BCUT2D eigenvalue weighted by Crippen LogP contribution is 2.25. The molecule has 3 N–H and O–H groups in total. The Balaban J connectivity index is 1.69. The molecule has 0 aliphatic carbocycles. The molecule has 0 saturated carbocycles. The zero-order valence-electron chi connectivity index (χ0n) is 27.5. The van der Waals surface area contributed by atoms with Crippen molar-refractivity contribution >= 4 is 28.5 Å². The minimum Gasteiger partial charge on any atom is -0.354 e. The quantitative estimate of drug-likeness (QED) is 0.205. The molecule has 1 unspecified atom stereocenters. The zero-order valence-corrected chi connectivity index (χ0v) is 27.5. The van der Waals surface area contributed by atoms with Crippen LogP contribution in [0, 0.1) is 12.1 Å². The molecule has 0 aromatic heterocycles. The standard InChI is InChI=1S/C38H45N5O3/c1-27(30-14-7-6-8-15-30)35(36(44)40-21-12-22-41(2)3)43(5)38(46)34(25-28-19-20-31-16-9-10-17-32(31)23-28)42(4)37(45)33-18-11-13-29(24-33)26-39/h6-11,13-18,23-24,27,34-35H,12,21-22,25-26,39H2,1-5H3,(H,40,44)/t27-,34+,35?/m0/s1. The lowest BCUT2D eigenvalue weighted by Crippen LogP contribution is -2.56. The summed E-state index contributed by atoms with van der Waals surface area (Å²) in [5.41, 5.74) is 8.78. The van der Waals surface area contributed by atoms with Gasteiger partial charge in [0.15, 0.2) is 0 Å². The van der Waals surface area contributed by atoms with Gasteiger partial charge in [0, 0.05) is 56.0 Å². The Morgan fingerprint density at radius 1 is 0.848 bits per heavy atom. The number of hydrogen-bond acceptors (Lipinski definition) is 5. The van der Waals surface area contributed by atoms with Gasteiger partial charge in [-0.25, -0.2) is 0 Å². The summed E-state index contributed by atoms with van der Waals surface area (Å²) in [5, 5.41) is 4.94. The number of carbonyl (C=O) groups excluding carboxylic acids is 3. The fourth-order valence-corrected chi connectivity index (χ4v) is 5.75. The Bertz CT molecular complexity index is 1620. The molecule has 240 valence electrons. The van der Waals surface area contributed by atoms with Gasteiger partial charge in [0.05, 0.1) is 0 Å². The largest absolute Gasteiger partial charge is 0.354 e. The summed E-state index contributed by atoms with van der Waals surface area (Å²) in [5.74, 6) is -1.20. The first-order valence-electron chi connectivity index (χ1n) is 15.7. The van der Waals surface area contributed by atoms with E-state index in [9.17, 15) is 14.4 Å². The van der Waals surface area contributed by atoms with Crippen molar-refractivity contribution in [1.82, 2.24) is 20.0 Å². The van der Waals surface area contributed by atoms with Crippen LogP contribution in [-0.2, 0) is 22.6 Å². The average molecular weight is 620 g/mol. The molecule has 0 fully saturated rings. The number of amides is 3. The van der Waals surface area contributed by atoms with Crippen molar-refractivity contribution in [3.8, 4) is 0 Å². The molecule has 4 aromatic carbocycles. The van der Waals surface area contributed by atoms with Crippen LogP contribution in [0.1, 0.15) is 46.3 Å². The van der Waals surface area contributed by atoms with Crippen LogP contribution in [0.15, 0.2) is 84.9 Å². The summed E-state index contributed by atoms with van der Waals surface area (Å²) in [7, 11) is 7.27. The monoisotopic (exact) mass is 619 g/mol. The number of benzene rings is 3. The molecule has 0 heterocycles. The lowest BCUT2D eigenvalue weighted by Gasteiger charge is -2.37. The molecule has 4 rings (SSSR count). The zero-order chi connectivity index (χ0) is 33.2. The number of hydrogen-bond donors (Lipinski definition) is 2. The number of likely N-dealkylation sites (N-methyl/N-ethyl adjacent to an activating group) is 2. The van der Waals surface area contributed by atoms with Gasteiger partial charge in [-0.2, -0.15) is 0 Å². The van der Waals surface area contributed by atoms with Crippen LogP contribution in [0.3, 0.4) is 0 Å². The summed E-state index contributed by atoms with van der Waals surface area (Å²) in [6.45, 7) is 3.56. The number of rotatable bonds is 14. The first-order chi connectivity index (χ1) is 22.1. The second kappa shape index (κ2) is 16.0. The van der Waals surface area contributed by atoms with E-state index in [0.29, 0.717) is 18.7 Å². The van der Waals surface area contributed by atoms with Crippen LogP contribution in [0.4, 0.5) is 0 Å². The maximum atomic E-state index is 14.6. The SMILES string of the molecule is C[C@@H](c1ccccc1)C(C(=O)NCCCN(C)C)N(C)C(=O)[C@@H](Cc1c#cc2ccccc2c1)N(C)C(=O)c1cccc(CN)c1. The van der Waals surface area contributed by atoms with Crippen molar-refractivity contribution in [3.63, 3.8) is 0 Å². The predicted molar refractivity (Wildman–Crippen MR) is 183 cm³/mol. The topological polar surface area (TPSA) is 99.0 Å². The normalized spacial score (nSPS) is 13.0. The van der Waals surface area contributed by atoms with Crippen molar-refractivity contribution in [2.45, 2.75) is 44.3 Å². The molecule has 0 bridgehead atoms. The van der Waals surface area contributed by atoms with Crippen LogP contribution in [-0.4, -0.2) is 85.8 Å². The number of nitrogens with zero attached hydrogens (tertiary/aromatic N) is 3. The molecule has 3 amide bonds. The van der Waals surface area contributed by atoms with Gasteiger partial charge in [0.25, 0.3) is 5.91 Å². The van der Waals surface area contributed by atoms with Crippen molar-refractivity contribution in [2.24, 2.45) is 5.73 Å². The predicted octanol–water partition coefficient (Wildman–Crippen LogP) is 4.28. The summed E-state index contributed by atoms with van der Waals surface area (Å²) in [6.07, 6.45) is 0.971. The van der Waals surface area contributed by atoms with Crippen molar-refractivity contribution in [1.29, 1.82) is 0 Å². The van der Waals surface area contributed by atoms with E-state index in [1.165, 1.54) is 9.80 Å². The molecular formula is C38H45N5O3. The summed E-state index contributed by atoms with van der Waals surface area (Å²) >= 11 is 0. The van der Waals surface area contributed by atoms with Crippen LogP contribution >= 0.6 is 0 Å². The number of nitrogens with two attached hydrogens (primary N) is 1. The second-order valence-corrected chi connectivity index (χ2v) is 12.1. The third kappa shape index (κ3) is 8.51. The Hall–Kier alpha value is -4.71. The highest BCUT2D eigenvalue weighted by molar-refractivity contribution is 5.98. The molecule has 0 radical (unpaired) electrons. The molecular weight excluding hydrogens is 574 g/mol. The van der Waals surface area contributed by atoms with Crippen LogP contribution < -0.4 is 11.1 Å². The molecule has 0 aliphatic heterocycles. The molecule has 0 saturated heterocycles. The van der Waals surface area contributed by atoms with Gasteiger partial charge < -0.3 is 25.8 Å². The molecule has 8 heteroatoms. The van der Waals surface area contributed by atoms with E-state index < -0.39 is 12.1 Å². The van der Waals surface area contributed by atoms with E-state index in [1.54, 1.807) is 32.3 Å². The van der Waals surface area contributed by atoms with E-state index >= 15 is 0 Å². The fourth-order valence-electron chi connectivity index (χ4n) is 5.75. The summed E-state index contributed by atoms with van der Waals surface area (Å²) in [4.78, 5) is 47.4. The minimum atomic E-state index is -0.920. The number of fused-ring (bicyclic) bond motifs is 1. The Labute approximate surface area is 273 Å². The van der Waals surface area contributed by atoms with Gasteiger partial charge in [-0.1, -0.05) is 79.7 Å². The molecule has 46 heavy (non-hydrogen) atoms. The molecule has 4 aromatic rings.